The molecular formula is C33H38ClN4O5P. The van der Waals surface area contributed by atoms with Crippen LogP contribution in [0.3, 0.4) is 0 Å². The summed E-state index contributed by atoms with van der Waals surface area (Å²) in [5.74, 6) is 0.947. The molecule has 3 aromatic rings. The summed E-state index contributed by atoms with van der Waals surface area (Å²) >= 11 is 6.28. The summed E-state index contributed by atoms with van der Waals surface area (Å²) in [5, 5.41) is 6.78. The zero-order chi connectivity index (χ0) is 31.5. The van der Waals surface area contributed by atoms with Gasteiger partial charge in [0.15, 0.2) is 0 Å². The second kappa shape index (κ2) is 13.3. The highest BCUT2D eigenvalue weighted by Crippen LogP contribution is 2.54. The Labute approximate surface area is 263 Å². The molecule has 2 N–H and O–H groups in total. The van der Waals surface area contributed by atoms with Crippen LogP contribution < -0.4 is 15.4 Å². The highest BCUT2D eigenvalue weighted by Gasteiger charge is 2.46. The third-order valence-corrected chi connectivity index (χ3v) is 10.6. The van der Waals surface area contributed by atoms with E-state index in [1.165, 1.54) is 4.67 Å². The largest absolute Gasteiger partial charge is 0.497 e. The molecule has 0 radical (unpaired) electrons. The van der Waals surface area contributed by atoms with Crippen LogP contribution in [0.5, 0.6) is 5.75 Å². The molecule has 5 rings (SSSR count). The number of rotatable bonds is 11. The smallest absolute Gasteiger partial charge is 0.362 e. The van der Waals surface area contributed by atoms with Crippen molar-refractivity contribution in [1.82, 2.24) is 20.2 Å². The van der Waals surface area contributed by atoms with E-state index in [4.69, 9.17) is 25.2 Å². The molecule has 0 aromatic heterocycles. The Morgan fingerprint density at radius 2 is 1.61 bits per heavy atom. The number of carbonyl (C=O) groups is 1. The molecule has 3 aromatic carbocycles. The predicted octanol–water partition coefficient (Wildman–Crippen LogP) is 5.79. The van der Waals surface area contributed by atoms with Gasteiger partial charge in [-0.05, 0) is 61.1 Å². The Morgan fingerprint density at radius 1 is 1.05 bits per heavy atom. The Kier molecular flexibility index (Phi) is 9.65. The van der Waals surface area contributed by atoms with Crippen molar-refractivity contribution in [3.63, 3.8) is 0 Å². The normalized spacial score (nSPS) is 22.0. The SMILES string of the molecule is C=C1NC(=O)C(C)=CN1C1CC(NC(c2ccccc2)(c2ccccc2)c2ccc(OC)cc2)C(COP(=O)(Cl)N(C)C)O1. The first-order valence-electron chi connectivity index (χ1n) is 14.3. The van der Waals surface area contributed by atoms with Gasteiger partial charge in [0.2, 0.25) is 0 Å². The van der Waals surface area contributed by atoms with E-state index in [0.29, 0.717) is 17.8 Å². The van der Waals surface area contributed by atoms with Gasteiger partial charge in [0.1, 0.15) is 17.8 Å². The fourth-order valence-corrected chi connectivity index (χ4v) is 6.36. The van der Waals surface area contributed by atoms with Crippen LogP contribution in [0, 0.1) is 0 Å². The van der Waals surface area contributed by atoms with Gasteiger partial charge in [-0.3, -0.25) is 14.7 Å². The molecule has 0 spiro atoms. The first kappa shape index (κ1) is 32.0. The number of halogens is 1. The van der Waals surface area contributed by atoms with E-state index >= 15 is 0 Å². The summed E-state index contributed by atoms with van der Waals surface area (Å²) in [4.78, 5) is 14.1. The second-order valence-corrected chi connectivity index (χ2v) is 14.3. The lowest BCUT2D eigenvalue weighted by atomic mass is 9.76. The van der Waals surface area contributed by atoms with Crippen LogP contribution in [-0.4, -0.2) is 61.7 Å². The van der Waals surface area contributed by atoms with Crippen molar-refractivity contribution >= 4 is 24.0 Å². The summed E-state index contributed by atoms with van der Waals surface area (Å²) < 4.78 is 32.3. The van der Waals surface area contributed by atoms with E-state index in [0.717, 1.165) is 22.4 Å². The quantitative estimate of drug-likeness (QED) is 0.202. The molecule has 0 bridgehead atoms. The standard InChI is InChI=1S/C33H38ClN4O5P/c1-23-21-38(24(2)35-32(23)39)31-20-29(30(43-31)22-42-44(34,40)37(3)4)36-33(25-12-8-6-9-13-25,26-14-10-7-11-15-26)27-16-18-28(41-5)19-17-27/h6-19,21,29-31,36H,2,20,22H2,1,3-5H3,(H,35,39). The minimum absolute atomic E-state index is 0.0369. The molecule has 2 aliphatic rings. The maximum Gasteiger partial charge on any atom is 0.362 e. The van der Waals surface area contributed by atoms with Crippen LogP contribution in [0.15, 0.2) is 109 Å². The number of amides is 1. The van der Waals surface area contributed by atoms with Gasteiger partial charge in [0.05, 0.1) is 25.4 Å². The zero-order valence-corrected chi connectivity index (χ0v) is 26.9. The Bertz CT molecular complexity index is 1510. The van der Waals surface area contributed by atoms with Crippen molar-refractivity contribution in [2.45, 2.75) is 37.3 Å². The Hall–Kier alpha value is -3.43. The molecule has 232 valence electrons. The maximum absolute atomic E-state index is 13.0. The van der Waals surface area contributed by atoms with Crippen LogP contribution in [0.1, 0.15) is 30.0 Å². The molecule has 1 fully saturated rings. The van der Waals surface area contributed by atoms with Gasteiger partial charge < -0.3 is 24.2 Å². The monoisotopic (exact) mass is 636 g/mol. The molecule has 0 aliphatic carbocycles. The van der Waals surface area contributed by atoms with Crippen molar-refractivity contribution in [2.24, 2.45) is 0 Å². The molecule has 1 amide bonds. The van der Waals surface area contributed by atoms with Crippen molar-refractivity contribution in [3.05, 3.63) is 126 Å². The van der Waals surface area contributed by atoms with Crippen LogP contribution in [0.2, 0.25) is 0 Å². The van der Waals surface area contributed by atoms with E-state index in [1.54, 1.807) is 34.3 Å². The van der Waals surface area contributed by atoms with E-state index in [9.17, 15) is 9.36 Å². The maximum atomic E-state index is 13.0. The number of ether oxygens (including phenoxy) is 2. The molecule has 0 saturated carbocycles. The molecule has 4 unspecified atom stereocenters. The molecule has 4 atom stereocenters. The van der Waals surface area contributed by atoms with E-state index in [2.05, 4.69) is 53.6 Å². The molecular weight excluding hydrogens is 599 g/mol. The van der Waals surface area contributed by atoms with Gasteiger partial charge in [-0.25, -0.2) is 4.67 Å². The number of nitrogens with zero attached hydrogens (tertiary/aromatic N) is 2. The number of hydrogen-bond donors (Lipinski definition) is 2. The minimum Gasteiger partial charge on any atom is -0.497 e. The van der Waals surface area contributed by atoms with Crippen LogP contribution in [0.4, 0.5) is 0 Å². The van der Waals surface area contributed by atoms with Crippen molar-refractivity contribution in [2.75, 3.05) is 27.8 Å². The third-order valence-electron chi connectivity index (χ3n) is 8.02. The number of carbonyl (C=O) groups excluding carboxylic acids is 1. The van der Waals surface area contributed by atoms with Crippen molar-refractivity contribution < 1.29 is 23.4 Å². The highest BCUT2D eigenvalue weighted by molar-refractivity contribution is 7.83. The van der Waals surface area contributed by atoms with E-state index in [-0.39, 0.29) is 18.6 Å². The molecule has 44 heavy (non-hydrogen) atoms. The lowest BCUT2D eigenvalue weighted by Crippen LogP contribution is -2.53. The molecule has 2 heterocycles. The molecule has 2 aliphatic heterocycles. The number of hydrogen-bond acceptors (Lipinski definition) is 7. The molecule has 11 heteroatoms. The second-order valence-electron chi connectivity index (χ2n) is 11.0. The zero-order valence-electron chi connectivity index (χ0n) is 25.3. The molecule has 1 saturated heterocycles. The number of benzene rings is 3. The van der Waals surface area contributed by atoms with Crippen LogP contribution >= 0.6 is 18.1 Å². The predicted molar refractivity (Wildman–Crippen MR) is 172 cm³/mol. The number of methoxy groups -OCH3 is 1. The lowest BCUT2D eigenvalue weighted by Gasteiger charge is -2.40. The van der Waals surface area contributed by atoms with Crippen LogP contribution in [-0.2, 0) is 24.2 Å². The summed E-state index contributed by atoms with van der Waals surface area (Å²) in [7, 11) is 4.86. The van der Waals surface area contributed by atoms with Crippen molar-refractivity contribution in [3.8, 4) is 5.75 Å². The van der Waals surface area contributed by atoms with Gasteiger partial charge in [0, 0.05) is 24.2 Å². The average Bonchev–Trinajstić information content (AvgIpc) is 3.43. The fourth-order valence-electron chi connectivity index (χ4n) is 5.63. The highest BCUT2D eigenvalue weighted by atomic mass is 35.7. The first-order valence-corrected chi connectivity index (χ1v) is 16.8. The third kappa shape index (κ3) is 6.49. The summed E-state index contributed by atoms with van der Waals surface area (Å²) in [6.07, 6.45) is 1.15. The van der Waals surface area contributed by atoms with Gasteiger partial charge >= 0.3 is 6.87 Å². The van der Waals surface area contributed by atoms with Crippen molar-refractivity contribution in [1.29, 1.82) is 0 Å². The number of nitrogens with one attached hydrogen (secondary N) is 2. The Morgan fingerprint density at radius 3 is 2.16 bits per heavy atom. The Balaban J connectivity index is 1.61. The fraction of sp³-hybridized carbons (Fsp3) is 0.303. The van der Waals surface area contributed by atoms with Gasteiger partial charge in [-0.15, -0.1) is 0 Å². The summed E-state index contributed by atoms with van der Waals surface area (Å²) in [6.45, 7) is 2.17. The van der Waals surface area contributed by atoms with E-state index < -0.39 is 24.7 Å². The summed E-state index contributed by atoms with van der Waals surface area (Å²) in [5.41, 5.74) is 2.72. The topological polar surface area (TPSA) is 92.4 Å². The average molecular weight is 637 g/mol. The minimum atomic E-state index is -3.58. The van der Waals surface area contributed by atoms with Gasteiger partial charge in [-0.1, -0.05) is 79.4 Å². The summed E-state index contributed by atoms with van der Waals surface area (Å²) in [6, 6.07) is 28.1. The lowest BCUT2D eigenvalue weighted by molar-refractivity contribution is -0.118. The van der Waals surface area contributed by atoms with E-state index in [1.807, 2.05) is 53.4 Å². The van der Waals surface area contributed by atoms with Crippen LogP contribution in [0.25, 0.3) is 0 Å². The van der Waals surface area contributed by atoms with Gasteiger partial charge in [0.25, 0.3) is 5.91 Å². The first-order chi connectivity index (χ1) is 21.0. The van der Waals surface area contributed by atoms with Gasteiger partial charge in [-0.2, -0.15) is 0 Å². The molecule has 9 nitrogen and oxygen atoms in total.